The minimum absolute atomic E-state index is 0.303. The van der Waals surface area contributed by atoms with Crippen molar-refractivity contribution >= 4 is 16.7 Å². The second kappa shape index (κ2) is 7.14. The SMILES string of the molecule is C[C@]1(C#N)C[C@@](CC#N)(n2ccc(-c3nc(-c4ccnc(N)c4)cc4ncccc34)n2)C1. The molecule has 4 heterocycles. The molecule has 1 aliphatic rings. The van der Waals surface area contributed by atoms with E-state index in [1.807, 2.05) is 48.1 Å². The molecule has 5 rings (SSSR count). The molecular weight excluding hydrogens is 400 g/mol. The van der Waals surface area contributed by atoms with E-state index in [4.69, 9.17) is 15.8 Å². The Balaban J connectivity index is 1.62. The fraction of sp³-hybridized carbons (Fsp3) is 0.250. The van der Waals surface area contributed by atoms with Crippen LogP contribution in [0.1, 0.15) is 26.2 Å². The maximum absolute atomic E-state index is 9.46. The number of hydrogen-bond donors (Lipinski definition) is 1. The van der Waals surface area contributed by atoms with Crippen molar-refractivity contribution in [1.82, 2.24) is 24.7 Å². The van der Waals surface area contributed by atoms with E-state index < -0.39 is 11.0 Å². The molecule has 0 unspecified atom stereocenters. The van der Waals surface area contributed by atoms with Gasteiger partial charge in [-0.15, -0.1) is 0 Å². The van der Waals surface area contributed by atoms with Crippen molar-refractivity contribution in [3.63, 3.8) is 0 Å². The predicted molar refractivity (Wildman–Crippen MR) is 120 cm³/mol. The fourth-order valence-corrected chi connectivity index (χ4v) is 4.74. The van der Waals surface area contributed by atoms with Gasteiger partial charge in [0.2, 0.25) is 0 Å². The average Bonchev–Trinajstić information content (AvgIpc) is 3.28. The molecule has 0 saturated heterocycles. The Hall–Kier alpha value is -4.30. The first-order valence-corrected chi connectivity index (χ1v) is 10.3. The van der Waals surface area contributed by atoms with E-state index in [0.29, 0.717) is 36.5 Å². The number of hydrogen-bond acceptors (Lipinski definition) is 7. The van der Waals surface area contributed by atoms with Gasteiger partial charge < -0.3 is 5.73 Å². The Morgan fingerprint density at radius 2 is 1.94 bits per heavy atom. The van der Waals surface area contributed by atoms with Gasteiger partial charge in [0.05, 0.1) is 40.7 Å². The first kappa shape index (κ1) is 19.7. The summed E-state index contributed by atoms with van der Waals surface area (Å²) in [5.41, 5.74) is 8.73. The maximum atomic E-state index is 9.46. The van der Waals surface area contributed by atoms with Crippen LogP contribution in [0.25, 0.3) is 33.5 Å². The summed E-state index contributed by atoms with van der Waals surface area (Å²) in [6.07, 6.45) is 6.77. The summed E-state index contributed by atoms with van der Waals surface area (Å²) in [5.74, 6) is 0.417. The van der Waals surface area contributed by atoms with Crippen LogP contribution in [-0.4, -0.2) is 24.7 Å². The Bertz CT molecular complexity index is 1420. The third-order valence-electron chi connectivity index (χ3n) is 6.11. The minimum Gasteiger partial charge on any atom is -0.384 e. The van der Waals surface area contributed by atoms with E-state index in [0.717, 1.165) is 22.2 Å². The van der Waals surface area contributed by atoms with E-state index >= 15 is 0 Å². The lowest BCUT2D eigenvalue weighted by Gasteiger charge is -2.50. The van der Waals surface area contributed by atoms with E-state index in [-0.39, 0.29) is 0 Å². The number of aromatic nitrogens is 5. The van der Waals surface area contributed by atoms with Crippen LogP contribution in [-0.2, 0) is 5.54 Å². The molecule has 4 aromatic rings. The Morgan fingerprint density at radius 3 is 2.69 bits per heavy atom. The highest BCUT2D eigenvalue weighted by Crippen LogP contribution is 2.54. The predicted octanol–water partition coefficient (Wildman–Crippen LogP) is 4.07. The van der Waals surface area contributed by atoms with Crippen molar-refractivity contribution in [1.29, 1.82) is 10.5 Å². The molecule has 0 aromatic carbocycles. The molecule has 8 nitrogen and oxygen atoms in total. The van der Waals surface area contributed by atoms with Gasteiger partial charge in [-0.05, 0) is 56.2 Å². The van der Waals surface area contributed by atoms with Gasteiger partial charge in [-0.2, -0.15) is 15.6 Å². The number of pyridine rings is 3. The van der Waals surface area contributed by atoms with E-state index in [1.54, 1.807) is 18.5 Å². The lowest BCUT2D eigenvalue weighted by Crippen LogP contribution is -2.51. The number of nitriles is 2. The third kappa shape index (κ3) is 3.14. The summed E-state index contributed by atoms with van der Waals surface area (Å²) in [6.45, 7) is 1.93. The monoisotopic (exact) mass is 420 g/mol. The van der Waals surface area contributed by atoms with Gasteiger partial charge in [-0.25, -0.2) is 9.97 Å². The van der Waals surface area contributed by atoms with Crippen LogP contribution < -0.4 is 5.73 Å². The van der Waals surface area contributed by atoms with Crippen LogP contribution in [0.5, 0.6) is 0 Å². The molecule has 2 N–H and O–H groups in total. The van der Waals surface area contributed by atoms with Crippen LogP contribution in [0.4, 0.5) is 5.82 Å². The number of nitrogens with zero attached hydrogens (tertiary/aromatic N) is 7. The summed E-state index contributed by atoms with van der Waals surface area (Å²) in [5, 5.41) is 24.6. The minimum atomic E-state index is -0.470. The Kier molecular flexibility index (Phi) is 4.38. The van der Waals surface area contributed by atoms with Crippen molar-refractivity contribution in [2.24, 2.45) is 5.41 Å². The maximum Gasteiger partial charge on any atom is 0.123 e. The molecule has 156 valence electrons. The van der Waals surface area contributed by atoms with Crippen LogP contribution in [0.2, 0.25) is 0 Å². The van der Waals surface area contributed by atoms with E-state index in [1.165, 1.54) is 0 Å². The highest BCUT2D eigenvalue weighted by atomic mass is 15.3. The highest BCUT2D eigenvalue weighted by molar-refractivity contribution is 5.93. The number of fused-ring (bicyclic) bond motifs is 1. The molecule has 32 heavy (non-hydrogen) atoms. The highest BCUT2D eigenvalue weighted by Gasteiger charge is 2.54. The lowest BCUT2D eigenvalue weighted by atomic mass is 9.58. The van der Waals surface area contributed by atoms with Crippen LogP contribution in [0.15, 0.2) is 55.0 Å². The van der Waals surface area contributed by atoms with Gasteiger partial charge in [0.15, 0.2) is 0 Å². The zero-order chi connectivity index (χ0) is 22.3. The molecule has 0 bridgehead atoms. The Morgan fingerprint density at radius 1 is 1.09 bits per heavy atom. The second-order valence-electron chi connectivity index (χ2n) is 8.63. The normalized spacial score (nSPS) is 22.1. The second-order valence-corrected chi connectivity index (χ2v) is 8.63. The van der Waals surface area contributed by atoms with E-state index in [2.05, 4.69) is 22.1 Å². The Labute approximate surface area is 185 Å². The lowest BCUT2D eigenvalue weighted by molar-refractivity contribution is 0.0200. The molecule has 1 saturated carbocycles. The van der Waals surface area contributed by atoms with Crippen molar-refractivity contribution in [3.8, 4) is 34.8 Å². The van der Waals surface area contributed by atoms with Gasteiger partial charge in [0.1, 0.15) is 17.2 Å². The smallest absolute Gasteiger partial charge is 0.123 e. The fourth-order valence-electron chi connectivity index (χ4n) is 4.74. The van der Waals surface area contributed by atoms with Gasteiger partial charge in [-0.1, -0.05) is 0 Å². The van der Waals surface area contributed by atoms with Gasteiger partial charge >= 0.3 is 0 Å². The van der Waals surface area contributed by atoms with E-state index in [9.17, 15) is 10.5 Å². The molecule has 8 heteroatoms. The largest absolute Gasteiger partial charge is 0.384 e. The average molecular weight is 420 g/mol. The van der Waals surface area contributed by atoms with Crippen LogP contribution in [0, 0.1) is 28.1 Å². The summed E-state index contributed by atoms with van der Waals surface area (Å²) in [7, 11) is 0. The summed E-state index contributed by atoms with van der Waals surface area (Å²) < 4.78 is 1.84. The molecule has 4 aromatic heterocycles. The molecule has 0 atom stereocenters. The first-order chi connectivity index (χ1) is 15.5. The number of nitrogen functional groups attached to an aromatic ring is 1. The quantitative estimate of drug-likeness (QED) is 0.526. The topological polar surface area (TPSA) is 130 Å². The number of rotatable bonds is 4. The molecule has 0 spiro atoms. The molecule has 1 fully saturated rings. The van der Waals surface area contributed by atoms with Crippen molar-refractivity contribution in [3.05, 3.63) is 55.0 Å². The number of nitrogens with two attached hydrogens (primary N) is 1. The number of anilines is 1. The molecule has 0 aliphatic heterocycles. The van der Waals surface area contributed by atoms with Crippen LogP contribution in [0.3, 0.4) is 0 Å². The van der Waals surface area contributed by atoms with Gasteiger partial charge in [0, 0.05) is 29.5 Å². The van der Waals surface area contributed by atoms with Crippen LogP contribution >= 0.6 is 0 Å². The van der Waals surface area contributed by atoms with Crippen molar-refractivity contribution in [2.45, 2.75) is 31.7 Å². The third-order valence-corrected chi connectivity index (χ3v) is 6.11. The summed E-state index contributed by atoms with van der Waals surface area (Å²) in [6, 6.07) is 15.9. The zero-order valence-corrected chi connectivity index (χ0v) is 17.5. The molecule has 0 radical (unpaired) electrons. The van der Waals surface area contributed by atoms with Gasteiger partial charge in [-0.3, -0.25) is 9.67 Å². The molecule has 1 aliphatic carbocycles. The molecular formula is C24H20N8. The first-order valence-electron chi connectivity index (χ1n) is 10.3. The standard InChI is InChI=1S/C24H20N8/c1-23(15-26)13-24(14-23,6-7-25)32-10-5-18(31-32)22-17-3-2-8-28-20(17)12-19(30-22)16-4-9-29-21(27)11-16/h2-5,8-12H,6,13-14H2,1H3,(H2,27,29)/t23-,24+. The summed E-state index contributed by atoms with van der Waals surface area (Å²) >= 11 is 0. The van der Waals surface area contributed by atoms with Crippen molar-refractivity contribution < 1.29 is 0 Å². The zero-order valence-electron chi connectivity index (χ0n) is 17.5. The van der Waals surface area contributed by atoms with Gasteiger partial charge in [0.25, 0.3) is 0 Å². The molecule has 0 amide bonds. The summed E-state index contributed by atoms with van der Waals surface area (Å²) in [4.78, 5) is 13.5. The van der Waals surface area contributed by atoms with Crippen molar-refractivity contribution in [2.75, 3.05) is 5.73 Å².